The lowest BCUT2D eigenvalue weighted by Crippen LogP contribution is -2.45. The predicted octanol–water partition coefficient (Wildman–Crippen LogP) is 6.42. The van der Waals surface area contributed by atoms with Gasteiger partial charge in [-0.05, 0) is 57.0 Å². The van der Waals surface area contributed by atoms with Crippen LogP contribution in [0.25, 0.3) is 0 Å². The lowest BCUT2D eigenvalue weighted by Gasteiger charge is -2.43. The van der Waals surface area contributed by atoms with Crippen LogP contribution in [0.2, 0.25) is 0 Å². The van der Waals surface area contributed by atoms with Gasteiger partial charge in [0.1, 0.15) is 11.5 Å². The fourth-order valence-electron chi connectivity index (χ4n) is 5.21. The number of anilines is 1. The summed E-state index contributed by atoms with van der Waals surface area (Å²) in [5.41, 5.74) is 3.10. The van der Waals surface area contributed by atoms with Crippen LogP contribution in [0, 0.1) is 11.7 Å². The third-order valence-electron chi connectivity index (χ3n) is 7.62. The van der Waals surface area contributed by atoms with Crippen LogP contribution in [0.3, 0.4) is 0 Å². The number of para-hydroxylation sites is 1. The van der Waals surface area contributed by atoms with Crippen LogP contribution in [0.15, 0.2) is 71.0 Å². The molecule has 2 aromatic carbocycles. The molecule has 0 aromatic heterocycles. The van der Waals surface area contributed by atoms with E-state index in [4.69, 9.17) is 0 Å². The smallest absolute Gasteiger partial charge is 0.278 e. The van der Waals surface area contributed by atoms with E-state index >= 15 is 4.39 Å². The minimum atomic E-state index is -2.65. The highest BCUT2D eigenvalue weighted by molar-refractivity contribution is 6.15. The summed E-state index contributed by atoms with van der Waals surface area (Å²) in [4.78, 5) is 4.74. The molecule has 0 unspecified atom stereocenters. The second kappa shape index (κ2) is 10.4. The summed E-state index contributed by atoms with van der Waals surface area (Å²) in [5.74, 6) is -0.0316. The second-order valence-electron chi connectivity index (χ2n) is 9.73. The van der Waals surface area contributed by atoms with Gasteiger partial charge in [-0.2, -0.15) is 10.2 Å². The molecule has 0 N–H and O–H groups in total. The van der Waals surface area contributed by atoms with Gasteiger partial charge in [0.05, 0.1) is 12.3 Å². The third kappa shape index (κ3) is 5.20. The van der Waals surface area contributed by atoms with Gasteiger partial charge in [0.25, 0.3) is 6.43 Å². The van der Waals surface area contributed by atoms with Crippen molar-refractivity contribution < 1.29 is 13.2 Å². The largest absolute Gasteiger partial charge is 0.341 e. The zero-order chi connectivity index (χ0) is 24.4. The van der Waals surface area contributed by atoms with Crippen LogP contribution in [-0.2, 0) is 6.54 Å². The van der Waals surface area contributed by atoms with Crippen molar-refractivity contribution in [1.29, 1.82) is 0 Å². The van der Waals surface area contributed by atoms with E-state index in [1.807, 2.05) is 30.3 Å². The van der Waals surface area contributed by atoms with Gasteiger partial charge < -0.3 is 9.80 Å². The van der Waals surface area contributed by atoms with Crippen LogP contribution >= 0.6 is 0 Å². The Hall–Kier alpha value is -2.93. The first-order valence-corrected chi connectivity index (χ1v) is 12.5. The predicted molar refractivity (Wildman–Crippen MR) is 135 cm³/mol. The molecule has 35 heavy (non-hydrogen) atoms. The Labute approximate surface area is 204 Å². The minimum Gasteiger partial charge on any atom is -0.341 e. The number of benzene rings is 2. The molecule has 0 bridgehead atoms. The number of rotatable bonds is 8. The van der Waals surface area contributed by atoms with Crippen LogP contribution in [0.4, 0.5) is 18.9 Å². The summed E-state index contributed by atoms with van der Waals surface area (Å²) < 4.78 is 41.0. The SMILES string of the molecule is C=C(C1CCN(C2CCC2)CC1)N(Cc1ccc(C2=NN=C(C(F)F)C2)cc1F)c1ccccc1. The molecule has 2 fully saturated rings. The molecule has 7 heteroatoms. The first-order valence-electron chi connectivity index (χ1n) is 12.5. The number of hydrogen-bond donors (Lipinski definition) is 0. The van der Waals surface area contributed by atoms with Crippen molar-refractivity contribution in [3.63, 3.8) is 0 Å². The van der Waals surface area contributed by atoms with Crippen molar-refractivity contribution in [2.24, 2.45) is 16.1 Å². The quantitative estimate of drug-likeness (QED) is 0.436. The molecule has 3 aliphatic rings. The highest BCUT2D eigenvalue weighted by Crippen LogP contribution is 2.34. The fourth-order valence-corrected chi connectivity index (χ4v) is 5.21. The Morgan fingerprint density at radius 2 is 1.77 bits per heavy atom. The summed E-state index contributed by atoms with van der Waals surface area (Å²) in [6.45, 7) is 7.00. The maximum Gasteiger partial charge on any atom is 0.278 e. The van der Waals surface area contributed by atoms with Gasteiger partial charge >= 0.3 is 0 Å². The zero-order valence-corrected chi connectivity index (χ0v) is 19.8. The van der Waals surface area contributed by atoms with Crippen LogP contribution in [0.5, 0.6) is 0 Å². The lowest BCUT2D eigenvalue weighted by molar-refractivity contribution is 0.0907. The number of alkyl halides is 2. The fraction of sp³-hybridized carbons (Fsp3) is 0.429. The average molecular weight is 481 g/mol. The van der Waals surface area contributed by atoms with E-state index in [9.17, 15) is 8.78 Å². The Morgan fingerprint density at radius 1 is 1.03 bits per heavy atom. The first kappa shape index (κ1) is 23.8. The molecule has 2 heterocycles. The summed E-state index contributed by atoms with van der Waals surface area (Å²) in [6.07, 6.45) is 3.41. The Kier molecular flexibility index (Phi) is 7.04. The van der Waals surface area contributed by atoms with E-state index in [1.165, 1.54) is 25.3 Å². The molecule has 1 aliphatic carbocycles. The number of likely N-dealkylation sites (tertiary alicyclic amines) is 1. The molecule has 5 rings (SSSR count). The number of hydrogen-bond acceptors (Lipinski definition) is 4. The maximum absolute atomic E-state index is 15.2. The Balaban J connectivity index is 1.31. The summed E-state index contributed by atoms with van der Waals surface area (Å²) in [6, 6.07) is 15.6. The molecular weight excluding hydrogens is 449 g/mol. The molecular formula is C28H31F3N4. The highest BCUT2D eigenvalue weighted by atomic mass is 19.3. The van der Waals surface area contributed by atoms with Gasteiger partial charge in [-0.1, -0.05) is 43.3 Å². The Bertz CT molecular complexity index is 1120. The standard InChI is InChI=1S/C28H31F3N4/c1-19(20-12-14-34(15-13-20)23-8-5-9-23)35(24-6-3-2-4-7-24)18-22-11-10-21(16-25(22)29)26-17-27(28(30)31)33-32-26/h2-4,6-7,10-11,16,20,23,28H,1,5,8-9,12-15,17-18H2. The van der Waals surface area contributed by atoms with E-state index in [0.717, 1.165) is 43.4 Å². The van der Waals surface area contributed by atoms with E-state index in [0.29, 0.717) is 29.3 Å². The van der Waals surface area contributed by atoms with Crippen LogP contribution in [-0.4, -0.2) is 41.9 Å². The molecule has 2 aliphatic heterocycles. The molecule has 0 spiro atoms. The topological polar surface area (TPSA) is 31.2 Å². The molecule has 1 saturated heterocycles. The van der Waals surface area contributed by atoms with Crippen molar-refractivity contribution in [2.45, 2.75) is 57.5 Å². The number of piperidine rings is 1. The van der Waals surface area contributed by atoms with Gasteiger partial charge in [0.15, 0.2) is 0 Å². The summed E-state index contributed by atoms with van der Waals surface area (Å²) >= 11 is 0. The monoisotopic (exact) mass is 480 g/mol. The van der Waals surface area contributed by atoms with Gasteiger partial charge in [-0.3, -0.25) is 0 Å². The van der Waals surface area contributed by atoms with Crippen LogP contribution in [0.1, 0.15) is 49.7 Å². The summed E-state index contributed by atoms with van der Waals surface area (Å²) in [5, 5.41) is 7.38. The zero-order valence-electron chi connectivity index (χ0n) is 19.8. The van der Waals surface area contributed by atoms with Gasteiger partial charge in [-0.25, -0.2) is 13.2 Å². The van der Waals surface area contributed by atoms with Crippen molar-refractivity contribution in [3.8, 4) is 0 Å². The Morgan fingerprint density at radius 3 is 2.37 bits per heavy atom. The van der Waals surface area contributed by atoms with Crippen molar-refractivity contribution in [3.05, 3.63) is 77.8 Å². The van der Waals surface area contributed by atoms with E-state index < -0.39 is 6.43 Å². The molecule has 1 saturated carbocycles. The lowest BCUT2D eigenvalue weighted by atomic mass is 9.86. The van der Waals surface area contributed by atoms with Crippen molar-refractivity contribution in [1.82, 2.24) is 4.90 Å². The van der Waals surface area contributed by atoms with Crippen LogP contribution < -0.4 is 4.90 Å². The van der Waals surface area contributed by atoms with E-state index in [-0.39, 0.29) is 17.9 Å². The van der Waals surface area contributed by atoms with Crippen molar-refractivity contribution in [2.75, 3.05) is 18.0 Å². The molecule has 184 valence electrons. The minimum absolute atomic E-state index is 0.0526. The molecule has 0 radical (unpaired) electrons. The molecule has 0 atom stereocenters. The van der Waals surface area contributed by atoms with E-state index in [1.54, 1.807) is 12.1 Å². The average Bonchev–Trinajstić information content (AvgIpc) is 3.34. The van der Waals surface area contributed by atoms with Crippen molar-refractivity contribution >= 4 is 17.1 Å². The highest BCUT2D eigenvalue weighted by Gasteiger charge is 2.31. The molecule has 4 nitrogen and oxygen atoms in total. The summed E-state index contributed by atoms with van der Waals surface area (Å²) in [7, 11) is 0. The third-order valence-corrected chi connectivity index (χ3v) is 7.62. The normalized spacial score (nSPS) is 19.4. The van der Waals surface area contributed by atoms with Gasteiger partial charge in [0.2, 0.25) is 0 Å². The maximum atomic E-state index is 15.2. The van der Waals surface area contributed by atoms with E-state index in [2.05, 4.69) is 26.6 Å². The van der Waals surface area contributed by atoms with Gasteiger partial charge in [-0.15, -0.1) is 0 Å². The molecule has 0 amide bonds. The molecule has 2 aromatic rings. The first-order chi connectivity index (χ1) is 17.0. The number of nitrogens with zero attached hydrogens (tertiary/aromatic N) is 4. The number of halogens is 3. The van der Waals surface area contributed by atoms with Gasteiger partial charge in [0, 0.05) is 40.9 Å². The number of allylic oxidation sites excluding steroid dienone is 1. The second-order valence-corrected chi connectivity index (χ2v) is 9.73.